The Labute approximate surface area is 92.7 Å². The quantitative estimate of drug-likeness (QED) is 0.804. The van der Waals surface area contributed by atoms with E-state index in [2.05, 4.69) is 10.3 Å². The molecule has 0 fully saturated rings. The molecule has 78 valence electrons. The minimum Gasteiger partial charge on any atom is -0.381 e. The third-order valence-electron chi connectivity index (χ3n) is 2.33. The maximum absolute atomic E-state index is 5.93. The number of halogens is 1. The fourth-order valence-electron chi connectivity index (χ4n) is 1.38. The monoisotopic (exact) mass is 222 g/mol. The van der Waals surface area contributed by atoms with E-state index in [1.165, 1.54) is 0 Å². The molecule has 2 N–H and O–H groups in total. The van der Waals surface area contributed by atoms with Crippen LogP contribution < -0.4 is 5.73 Å². The fraction of sp³-hybridized carbons (Fsp3) is 0.200. The number of anilines is 1. The molecule has 0 aliphatic heterocycles. The minimum atomic E-state index is 0.439. The zero-order valence-electron chi connectivity index (χ0n) is 8.53. The normalized spacial score (nSPS) is 10.6. The molecule has 0 unspecified atom stereocenters. The Hall–Kier alpha value is -1.55. The SMILES string of the molecule is Cc1ccc(Cl)cc1-n1nnc(N)c1C. The Morgan fingerprint density at radius 1 is 1.33 bits per heavy atom. The number of benzene rings is 1. The summed E-state index contributed by atoms with van der Waals surface area (Å²) in [7, 11) is 0. The van der Waals surface area contributed by atoms with Crippen LogP contribution in [0.2, 0.25) is 5.02 Å². The highest BCUT2D eigenvalue weighted by Gasteiger charge is 2.09. The van der Waals surface area contributed by atoms with E-state index in [1.54, 1.807) is 4.68 Å². The highest BCUT2D eigenvalue weighted by atomic mass is 35.5. The summed E-state index contributed by atoms with van der Waals surface area (Å²) in [5, 5.41) is 8.45. The predicted molar refractivity (Wildman–Crippen MR) is 60.3 cm³/mol. The van der Waals surface area contributed by atoms with Crippen molar-refractivity contribution >= 4 is 17.4 Å². The Morgan fingerprint density at radius 3 is 2.67 bits per heavy atom. The third kappa shape index (κ3) is 1.68. The molecule has 5 heteroatoms. The van der Waals surface area contributed by atoms with E-state index in [4.69, 9.17) is 17.3 Å². The first-order chi connectivity index (χ1) is 7.09. The van der Waals surface area contributed by atoms with Crippen molar-refractivity contribution in [2.45, 2.75) is 13.8 Å². The van der Waals surface area contributed by atoms with Gasteiger partial charge in [-0.25, -0.2) is 4.68 Å². The van der Waals surface area contributed by atoms with Gasteiger partial charge in [0.05, 0.1) is 11.4 Å². The van der Waals surface area contributed by atoms with Crippen molar-refractivity contribution in [3.63, 3.8) is 0 Å². The van der Waals surface area contributed by atoms with E-state index in [9.17, 15) is 0 Å². The van der Waals surface area contributed by atoms with Crippen LogP contribution in [-0.4, -0.2) is 15.0 Å². The van der Waals surface area contributed by atoms with Crippen LogP contribution in [-0.2, 0) is 0 Å². The zero-order chi connectivity index (χ0) is 11.0. The number of hydrogen-bond donors (Lipinski definition) is 1. The van der Waals surface area contributed by atoms with Crippen LogP contribution in [0.3, 0.4) is 0 Å². The van der Waals surface area contributed by atoms with Crippen molar-refractivity contribution in [1.29, 1.82) is 0 Å². The molecule has 0 spiro atoms. The van der Waals surface area contributed by atoms with Gasteiger partial charge in [0.15, 0.2) is 5.82 Å². The maximum atomic E-state index is 5.93. The van der Waals surface area contributed by atoms with Gasteiger partial charge in [0.25, 0.3) is 0 Å². The van der Waals surface area contributed by atoms with Gasteiger partial charge in [-0.2, -0.15) is 0 Å². The van der Waals surface area contributed by atoms with Gasteiger partial charge in [-0.1, -0.05) is 22.9 Å². The van der Waals surface area contributed by atoms with Crippen LogP contribution in [0.5, 0.6) is 0 Å². The summed E-state index contributed by atoms with van der Waals surface area (Å²) in [6, 6.07) is 5.63. The molecular formula is C10H11ClN4. The van der Waals surface area contributed by atoms with Gasteiger partial charge in [-0.3, -0.25) is 0 Å². The average Bonchev–Trinajstić information content (AvgIpc) is 2.52. The van der Waals surface area contributed by atoms with Gasteiger partial charge < -0.3 is 5.73 Å². The Bertz CT molecular complexity index is 504. The Morgan fingerprint density at radius 2 is 2.07 bits per heavy atom. The molecule has 2 rings (SSSR count). The molecule has 2 aromatic rings. The lowest BCUT2D eigenvalue weighted by Gasteiger charge is -2.07. The molecule has 15 heavy (non-hydrogen) atoms. The molecule has 4 nitrogen and oxygen atoms in total. The maximum Gasteiger partial charge on any atom is 0.169 e. The molecule has 1 heterocycles. The topological polar surface area (TPSA) is 56.7 Å². The first-order valence-corrected chi connectivity index (χ1v) is 4.91. The molecule has 0 aliphatic carbocycles. The van der Waals surface area contributed by atoms with Crippen molar-refractivity contribution in [3.8, 4) is 5.69 Å². The molecule has 1 aromatic heterocycles. The van der Waals surface area contributed by atoms with E-state index >= 15 is 0 Å². The smallest absolute Gasteiger partial charge is 0.169 e. The second kappa shape index (κ2) is 3.55. The number of nitrogens with zero attached hydrogens (tertiary/aromatic N) is 3. The number of rotatable bonds is 1. The van der Waals surface area contributed by atoms with E-state index in [0.717, 1.165) is 16.9 Å². The standard InChI is InChI=1S/C10H11ClN4/c1-6-3-4-8(11)5-9(6)15-7(2)10(12)13-14-15/h3-5H,12H2,1-2H3. The van der Waals surface area contributed by atoms with Crippen molar-refractivity contribution in [1.82, 2.24) is 15.0 Å². The van der Waals surface area contributed by atoms with Crippen LogP contribution in [0, 0.1) is 13.8 Å². The Balaban J connectivity index is 2.63. The minimum absolute atomic E-state index is 0.439. The molecule has 0 bridgehead atoms. The third-order valence-corrected chi connectivity index (χ3v) is 2.56. The summed E-state index contributed by atoms with van der Waals surface area (Å²) >= 11 is 5.93. The van der Waals surface area contributed by atoms with Gasteiger partial charge in [0, 0.05) is 5.02 Å². The highest BCUT2D eigenvalue weighted by molar-refractivity contribution is 6.30. The average molecular weight is 223 g/mol. The summed E-state index contributed by atoms with van der Waals surface area (Å²) < 4.78 is 1.69. The van der Waals surface area contributed by atoms with Crippen LogP contribution in [0.15, 0.2) is 18.2 Å². The fourth-order valence-corrected chi connectivity index (χ4v) is 1.55. The van der Waals surface area contributed by atoms with Gasteiger partial charge in [0.1, 0.15) is 0 Å². The van der Waals surface area contributed by atoms with E-state index in [1.807, 2.05) is 32.0 Å². The first kappa shape index (κ1) is 9.98. The zero-order valence-corrected chi connectivity index (χ0v) is 9.28. The van der Waals surface area contributed by atoms with E-state index < -0.39 is 0 Å². The molecular weight excluding hydrogens is 212 g/mol. The number of nitrogens with two attached hydrogens (primary N) is 1. The first-order valence-electron chi connectivity index (χ1n) is 4.54. The summed E-state index contributed by atoms with van der Waals surface area (Å²) in [5.41, 5.74) is 8.44. The summed E-state index contributed by atoms with van der Waals surface area (Å²) in [5.74, 6) is 0.439. The molecule has 0 saturated heterocycles. The highest BCUT2D eigenvalue weighted by Crippen LogP contribution is 2.21. The number of nitrogen functional groups attached to an aromatic ring is 1. The van der Waals surface area contributed by atoms with Crippen molar-refractivity contribution < 1.29 is 0 Å². The van der Waals surface area contributed by atoms with Crippen LogP contribution in [0.25, 0.3) is 5.69 Å². The lowest BCUT2D eigenvalue weighted by atomic mass is 10.2. The second-order valence-electron chi connectivity index (χ2n) is 3.40. The van der Waals surface area contributed by atoms with Gasteiger partial charge in [0.2, 0.25) is 0 Å². The van der Waals surface area contributed by atoms with E-state index in [0.29, 0.717) is 10.8 Å². The van der Waals surface area contributed by atoms with Crippen LogP contribution >= 0.6 is 11.6 Å². The van der Waals surface area contributed by atoms with Crippen LogP contribution in [0.1, 0.15) is 11.3 Å². The second-order valence-corrected chi connectivity index (χ2v) is 3.84. The molecule has 0 saturated carbocycles. The predicted octanol–water partition coefficient (Wildman–Crippen LogP) is 2.12. The largest absolute Gasteiger partial charge is 0.381 e. The number of hydrogen-bond acceptors (Lipinski definition) is 3. The van der Waals surface area contributed by atoms with Gasteiger partial charge >= 0.3 is 0 Å². The van der Waals surface area contributed by atoms with Crippen molar-refractivity contribution in [2.75, 3.05) is 5.73 Å². The molecule has 0 aliphatic rings. The molecule has 0 atom stereocenters. The summed E-state index contributed by atoms with van der Waals surface area (Å²) in [6.07, 6.45) is 0. The van der Waals surface area contributed by atoms with Gasteiger partial charge in [-0.15, -0.1) is 5.10 Å². The molecule has 0 radical (unpaired) electrons. The molecule has 1 aromatic carbocycles. The van der Waals surface area contributed by atoms with Gasteiger partial charge in [-0.05, 0) is 31.5 Å². The lowest BCUT2D eigenvalue weighted by molar-refractivity contribution is 0.781. The van der Waals surface area contributed by atoms with Crippen molar-refractivity contribution in [2.24, 2.45) is 0 Å². The molecule has 0 amide bonds. The lowest BCUT2D eigenvalue weighted by Crippen LogP contribution is -2.01. The Kier molecular flexibility index (Phi) is 2.36. The summed E-state index contributed by atoms with van der Waals surface area (Å²) in [4.78, 5) is 0. The number of aryl methyl sites for hydroxylation is 1. The number of aromatic nitrogens is 3. The van der Waals surface area contributed by atoms with Crippen molar-refractivity contribution in [3.05, 3.63) is 34.5 Å². The summed E-state index contributed by atoms with van der Waals surface area (Å²) in [6.45, 7) is 3.86. The van der Waals surface area contributed by atoms with E-state index in [-0.39, 0.29) is 0 Å². The van der Waals surface area contributed by atoms with Crippen LogP contribution in [0.4, 0.5) is 5.82 Å².